The molecule has 1 amide bonds. The van der Waals surface area contributed by atoms with Gasteiger partial charge in [0.25, 0.3) is 5.91 Å². The van der Waals surface area contributed by atoms with Crippen molar-refractivity contribution in [2.45, 2.75) is 51.4 Å². The fourth-order valence-corrected chi connectivity index (χ4v) is 5.66. The van der Waals surface area contributed by atoms with Gasteiger partial charge in [-0.1, -0.05) is 12.5 Å². The smallest absolute Gasteiger partial charge is 0.256 e. The minimum absolute atomic E-state index is 0.00338. The summed E-state index contributed by atoms with van der Waals surface area (Å²) in [5.41, 5.74) is 5.29. The standard InChI is InChI=1S/C23H27N3OS/c27-23-18(15-22-24-20-6-2-3-7-21(20)28-22)17-14-16(8-9-19(17)25-23)10-13-26-11-4-1-5-12-26/h8-9,14-15H,1-7,10-13H2,(H,25,27). The largest absolute Gasteiger partial charge is 0.321 e. The average Bonchev–Trinajstić information content (AvgIpc) is 3.27. The highest BCUT2D eigenvalue weighted by Crippen LogP contribution is 2.36. The maximum absolute atomic E-state index is 12.6. The molecule has 146 valence electrons. The number of aryl methyl sites for hydroxylation is 2. The third kappa shape index (κ3) is 3.65. The second kappa shape index (κ2) is 7.80. The molecule has 1 aromatic carbocycles. The van der Waals surface area contributed by atoms with Crippen molar-refractivity contribution in [3.8, 4) is 0 Å². The number of nitrogens with zero attached hydrogens (tertiary/aromatic N) is 2. The Kier molecular flexibility index (Phi) is 5.03. The zero-order valence-electron chi connectivity index (χ0n) is 16.3. The Morgan fingerprint density at radius 1 is 1.11 bits per heavy atom. The minimum atomic E-state index is -0.00338. The van der Waals surface area contributed by atoms with Gasteiger partial charge in [-0.05, 0) is 81.8 Å². The number of likely N-dealkylation sites (tertiary alicyclic amines) is 1. The number of carbonyl (C=O) groups is 1. The number of piperidine rings is 1. The molecule has 0 saturated carbocycles. The second-order valence-electron chi connectivity index (χ2n) is 8.17. The predicted octanol–water partition coefficient (Wildman–Crippen LogP) is 4.54. The Bertz CT molecular complexity index is 900. The molecule has 0 bridgehead atoms. The van der Waals surface area contributed by atoms with Gasteiger partial charge in [0.2, 0.25) is 0 Å². The van der Waals surface area contributed by atoms with Crippen LogP contribution in [-0.4, -0.2) is 35.4 Å². The van der Waals surface area contributed by atoms with Crippen molar-refractivity contribution in [3.05, 3.63) is 44.9 Å². The van der Waals surface area contributed by atoms with E-state index in [-0.39, 0.29) is 5.91 Å². The van der Waals surface area contributed by atoms with Gasteiger partial charge in [0.1, 0.15) is 5.01 Å². The number of rotatable bonds is 4. The first kappa shape index (κ1) is 18.1. The molecule has 28 heavy (non-hydrogen) atoms. The van der Waals surface area contributed by atoms with Crippen molar-refractivity contribution in [3.63, 3.8) is 0 Å². The first-order valence-electron chi connectivity index (χ1n) is 10.6. The van der Waals surface area contributed by atoms with Crippen molar-refractivity contribution in [2.24, 2.45) is 0 Å². The highest BCUT2D eigenvalue weighted by Gasteiger charge is 2.25. The summed E-state index contributed by atoms with van der Waals surface area (Å²) in [6.45, 7) is 3.56. The van der Waals surface area contributed by atoms with Gasteiger partial charge in [0.15, 0.2) is 0 Å². The van der Waals surface area contributed by atoms with E-state index in [0.717, 1.165) is 47.6 Å². The van der Waals surface area contributed by atoms with Gasteiger partial charge in [-0.25, -0.2) is 4.98 Å². The van der Waals surface area contributed by atoms with E-state index >= 15 is 0 Å². The van der Waals surface area contributed by atoms with Crippen LogP contribution in [0.25, 0.3) is 11.6 Å². The third-order valence-corrected chi connectivity index (χ3v) is 7.27. The molecule has 0 radical (unpaired) electrons. The number of anilines is 1. The number of benzene rings is 1. The van der Waals surface area contributed by atoms with Gasteiger partial charge >= 0.3 is 0 Å². The number of carbonyl (C=O) groups excluding carboxylic acids is 1. The quantitative estimate of drug-likeness (QED) is 0.776. The fourth-order valence-electron chi connectivity index (χ4n) is 4.56. The molecule has 1 aromatic heterocycles. The highest BCUT2D eigenvalue weighted by molar-refractivity contribution is 7.12. The first-order chi connectivity index (χ1) is 13.8. The lowest BCUT2D eigenvalue weighted by molar-refractivity contribution is -0.110. The molecule has 2 aromatic rings. The van der Waals surface area contributed by atoms with Crippen molar-refractivity contribution >= 4 is 34.6 Å². The summed E-state index contributed by atoms with van der Waals surface area (Å²) in [5, 5.41) is 4.00. The first-order valence-corrected chi connectivity index (χ1v) is 11.5. The molecule has 1 fully saturated rings. The van der Waals surface area contributed by atoms with E-state index in [1.807, 2.05) is 6.08 Å². The SMILES string of the molecule is O=C1Nc2ccc(CCN3CCCCC3)cc2C1=Cc1nc2c(s1)CCCC2. The van der Waals surface area contributed by atoms with Crippen LogP contribution < -0.4 is 5.32 Å². The van der Waals surface area contributed by atoms with E-state index in [1.165, 1.54) is 61.3 Å². The third-order valence-electron chi connectivity index (χ3n) is 6.16. The van der Waals surface area contributed by atoms with Crippen LogP contribution >= 0.6 is 11.3 Å². The van der Waals surface area contributed by atoms with Gasteiger partial charge < -0.3 is 10.2 Å². The Balaban J connectivity index is 1.37. The number of amides is 1. The topological polar surface area (TPSA) is 45.2 Å². The van der Waals surface area contributed by atoms with Crippen LogP contribution in [0, 0.1) is 0 Å². The van der Waals surface area contributed by atoms with Crippen LogP contribution in [0.5, 0.6) is 0 Å². The number of fused-ring (bicyclic) bond motifs is 2. The molecule has 2 aliphatic heterocycles. The average molecular weight is 394 g/mol. The lowest BCUT2D eigenvalue weighted by atomic mass is 10.0. The van der Waals surface area contributed by atoms with Crippen molar-refractivity contribution < 1.29 is 4.79 Å². The van der Waals surface area contributed by atoms with Crippen LogP contribution in [-0.2, 0) is 24.1 Å². The summed E-state index contributed by atoms with van der Waals surface area (Å²) in [4.78, 5) is 21.4. The van der Waals surface area contributed by atoms with E-state index < -0.39 is 0 Å². The Hall–Kier alpha value is -1.98. The molecule has 1 aliphatic carbocycles. The molecule has 0 spiro atoms. The van der Waals surface area contributed by atoms with Gasteiger partial charge in [-0.3, -0.25) is 4.79 Å². The molecule has 0 unspecified atom stereocenters. The molecule has 4 nitrogen and oxygen atoms in total. The number of hydrogen-bond donors (Lipinski definition) is 1. The molecule has 0 atom stereocenters. The van der Waals surface area contributed by atoms with Crippen LogP contribution in [0.2, 0.25) is 0 Å². The van der Waals surface area contributed by atoms with Gasteiger partial charge in [-0.2, -0.15) is 0 Å². The Morgan fingerprint density at radius 2 is 1.96 bits per heavy atom. The fraction of sp³-hybridized carbons (Fsp3) is 0.478. The molecule has 5 rings (SSSR count). The molecular formula is C23H27N3OS. The molecule has 3 aliphatic rings. The van der Waals surface area contributed by atoms with Crippen molar-refractivity contribution in [2.75, 3.05) is 25.0 Å². The minimum Gasteiger partial charge on any atom is -0.321 e. The van der Waals surface area contributed by atoms with E-state index in [4.69, 9.17) is 4.98 Å². The summed E-state index contributed by atoms with van der Waals surface area (Å²) in [7, 11) is 0. The lowest BCUT2D eigenvalue weighted by Gasteiger charge is -2.26. The molecule has 1 saturated heterocycles. The Morgan fingerprint density at radius 3 is 2.82 bits per heavy atom. The molecule has 5 heteroatoms. The zero-order valence-corrected chi connectivity index (χ0v) is 17.1. The summed E-state index contributed by atoms with van der Waals surface area (Å²) in [6, 6.07) is 6.43. The van der Waals surface area contributed by atoms with Crippen LogP contribution in [0.4, 0.5) is 5.69 Å². The number of thiazole rings is 1. The summed E-state index contributed by atoms with van der Waals surface area (Å²) in [6.07, 6.45) is 11.8. The normalized spacial score (nSPS) is 20.9. The number of nitrogens with one attached hydrogen (secondary N) is 1. The Labute approximate surface area is 170 Å². The van der Waals surface area contributed by atoms with Crippen LogP contribution in [0.3, 0.4) is 0 Å². The van der Waals surface area contributed by atoms with Crippen LogP contribution in [0.15, 0.2) is 18.2 Å². The molecule has 3 heterocycles. The summed E-state index contributed by atoms with van der Waals surface area (Å²) in [5.74, 6) is -0.00338. The van der Waals surface area contributed by atoms with Crippen LogP contribution in [0.1, 0.15) is 58.8 Å². The lowest BCUT2D eigenvalue weighted by Crippen LogP contribution is -2.31. The van der Waals surface area contributed by atoms with E-state index in [0.29, 0.717) is 0 Å². The monoisotopic (exact) mass is 393 g/mol. The van der Waals surface area contributed by atoms with E-state index in [2.05, 4.69) is 28.4 Å². The summed E-state index contributed by atoms with van der Waals surface area (Å²) >= 11 is 1.76. The van der Waals surface area contributed by atoms with E-state index in [1.54, 1.807) is 11.3 Å². The summed E-state index contributed by atoms with van der Waals surface area (Å²) < 4.78 is 0. The van der Waals surface area contributed by atoms with Gasteiger partial charge in [0.05, 0.1) is 11.3 Å². The molecule has 1 N–H and O–H groups in total. The maximum atomic E-state index is 12.6. The van der Waals surface area contributed by atoms with E-state index in [9.17, 15) is 4.79 Å². The number of hydrogen-bond acceptors (Lipinski definition) is 4. The van der Waals surface area contributed by atoms with Gasteiger partial charge in [-0.15, -0.1) is 11.3 Å². The second-order valence-corrected chi connectivity index (χ2v) is 9.29. The zero-order chi connectivity index (χ0) is 18.9. The van der Waals surface area contributed by atoms with Crippen molar-refractivity contribution in [1.29, 1.82) is 0 Å². The molecular weight excluding hydrogens is 366 g/mol. The predicted molar refractivity (Wildman–Crippen MR) is 116 cm³/mol. The maximum Gasteiger partial charge on any atom is 0.256 e. The highest BCUT2D eigenvalue weighted by atomic mass is 32.1. The van der Waals surface area contributed by atoms with Crippen molar-refractivity contribution in [1.82, 2.24) is 9.88 Å². The van der Waals surface area contributed by atoms with Gasteiger partial charge in [0, 0.05) is 22.7 Å². The number of aromatic nitrogens is 1.